The van der Waals surface area contributed by atoms with Crippen LogP contribution in [-0.4, -0.2) is 18.2 Å². The molecule has 0 amide bonds. The van der Waals surface area contributed by atoms with Crippen molar-refractivity contribution in [1.82, 2.24) is 5.06 Å². The van der Waals surface area contributed by atoms with Gasteiger partial charge in [0.15, 0.2) is 0 Å². The maximum absolute atomic E-state index is 5.70. The highest BCUT2D eigenvalue weighted by Gasteiger charge is 2.10. The normalized spacial score (nSPS) is 17.9. The van der Waals surface area contributed by atoms with Gasteiger partial charge < -0.3 is 5.73 Å². The van der Waals surface area contributed by atoms with Gasteiger partial charge in [0.1, 0.15) is 0 Å². The zero-order valence-electron chi connectivity index (χ0n) is 8.98. The topological polar surface area (TPSA) is 38.5 Å². The van der Waals surface area contributed by atoms with Crippen molar-refractivity contribution in [2.45, 2.75) is 25.9 Å². The van der Waals surface area contributed by atoms with E-state index in [1.165, 1.54) is 19.3 Å². The minimum atomic E-state index is 0.630. The van der Waals surface area contributed by atoms with Crippen LogP contribution in [0, 0.1) is 0 Å². The third kappa shape index (κ3) is 3.22. The molecular weight excluding hydrogens is 188 g/mol. The number of nitrogen functional groups attached to an aromatic ring is 1. The molecule has 15 heavy (non-hydrogen) atoms. The highest BCUT2D eigenvalue weighted by atomic mass is 16.7. The number of anilines is 1. The van der Waals surface area contributed by atoms with E-state index >= 15 is 0 Å². The first kappa shape index (κ1) is 10.5. The highest BCUT2D eigenvalue weighted by molar-refractivity contribution is 5.40. The monoisotopic (exact) mass is 206 g/mol. The van der Waals surface area contributed by atoms with Gasteiger partial charge in [0.25, 0.3) is 0 Å². The summed E-state index contributed by atoms with van der Waals surface area (Å²) in [4.78, 5) is 5.70. The number of benzene rings is 1. The van der Waals surface area contributed by atoms with Crippen LogP contribution < -0.4 is 5.73 Å². The van der Waals surface area contributed by atoms with Gasteiger partial charge in [-0.05, 0) is 30.5 Å². The summed E-state index contributed by atoms with van der Waals surface area (Å²) in [5.41, 5.74) is 7.64. The Labute approximate surface area is 90.8 Å². The van der Waals surface area contributed by atoms with Crippen molar-refractivity contribution < 1.29 is 4.84 Å². The number of nitrogens with zero attached hydrogens (tertiary/aromatic N) is 1. The third-order valence-electron chi connectivity index (χ3n) is 2.68. The Balaban J connectivity index is 1.81. The summed E-state index contributed by atoms with van der Waals surface area (Å²) in [5, 5.41) is 2.06. The fourth-order valence-corrected chi connectivity index (χ4v) is 1.84. The molecule has 0 aliphatic carbocycles. The Hall–Kier alpha value is -1.06. The first-order valence-corrected chi connectivity index (χ1v) is 5.57. The largest absolute Gasteiger partial charge is 0.399 e. The van der Waals surface area contributed by atoms with E-state index in [0.29, 0.717) is 6.61 Å². The lowest BCUT2D eigenvalue weighted by Crippen LogP contribution is -2.29. The first-order valence-electron chi connectivity index (χ1n) is 5.57. The smallest absolute Gasteiger partial charge is 0.0936 e. The summed E-state index contributed by atoms with van der Waals surface area (Å²) in [5.74, 6) is 0. The Bertz CT molecular complexity index is 308. The van der Waals surface area contributed by atoms with Crippen molar-refractivity contribution in [3.63, 3.8) is 0 Å². The molecule has 1 fully saturated rings. The molecule has 0 spiro atoms. The molecule has 1 aromatic rings. The summed E-state index contributed by atoms with van der Waals surface area (Å²) >= 11 is 0. The summed E-state index contributed by atoms with van der Waals surface area (Å²) in [6.45, 7) is 2.75. The second-order valence-electron chi connectivity index (χ2n) is 4.01. The van der Waals surface area contributed by atoms with E-state index in [-0.39, 0.29) is 0 Å². The molecule has 2 rings (SSSR count). The molecule has 3 nitrogen and oxygen atoms in total. The van der Waals surface area contributed by atoms with Crippen molar-refractivity contribution in [1.29, 1.82) is 0 Å². The molecule has 0 bridgehead atoms. The van der Waals surface area contributed by atoms with Crippen molar-refractivity contribution in [3.8, 4) is 0 Å². The van der Waals surface area contributed by atoms with Crippen LogP contribution in [0.4, 0.5) is 5.69 Å². The quantitative estimate of drug-likeness (QED) is 0.770. The van der Waals surface area contributed by atoms with Crippen LogP contribution in [0.15, 0.2) is 24.3 Å². The highest BCUT2D eigenvalue weighted by Crippen LogP contribution is 2.12. The molecule has 82 valence electrons. The number of nitrogens with two attached hydrogens (primary N) is 1. The van der Waals surface area contributed by atoms with Crippen LogP contribution in [0.25, 0.3) is 0 Å². The van der Waals surface area contributed by atoms with Gasteiger partial charge in [0.05, 0.1) is 6.61 Å². The van der Waals surface area contributed by atoms with E-state index in [9.17, 15) is 0 Å². The molecule has 1 aromatic carbocycles. The average Bonchev–Trinajstić information content (AvgIpc) is 2.28. The lowest BCUT2D eigenvalue weighted by atomic mass is 10.2. The van der Waals surface area contributed by atoms with Gasteiger partial charge in [-0.15, -0.1) is 0 Å². The molecule has 1 aliphatic rings. The zero-order chi connectivity index (χ0) is 10.5. The number of rotatable bonds is 3. The van der Waals surface area contributed by atoms with E-state index < -0.39 is 0 Å². The number of hydrogen-bond acceptors (Lipinski definition) is 3. The van der Waals surface area contributed by atoms with Crippen LogP contribution in [0.3, 0.4) is 0 Å². The molecule has 0 radical (unpaired) electrons. The molecule has 2 N–H and O–H groups in total. The molecule has 1 aliphatic heterocycles. The van der Waals surface area contributed by atoms with Gasteiger partial charge in [0.2, 0.25) is 0 Å². The summed E-state index contributed by atoms with van der Waals surface area (Å²) < 4.78 is 0. The Kier molecular flexibility index (Phi) is 3.59. The second kappa shape index (κ2) is 5.14. The lowest BCUT2D eigenvalue weighted by molar-refractivity contribution is -0.178. The molecule has 0 unspecified atom stereocenters. The molecule has 0 saturated carbocycles. The van der Waals surface area contributed by atoms with Crippen molar-refractivity contribution in [3.05, 3.63) is 29.8 Å². The van der Waals surface area contributed by atoms with Gasteiger partial charge in [0, 0.05) is 18.8 Å². The molecule has 1 heterocycles. The maximum Gasteiger partial charge on any atom is 0.0936 e. The molecular formula is C12H18N2O. The van der Waals surface area contributed by atoms with Crippen LogP contribution in [0.5, 0.6) is 0 Å². The molecule has 1 saturated heterocycles. The summed E-state index contributed by atoms with van der Waals surface area (Å²) in [6, 6.07) is 7.86. The summed E-state index contributed by atoms with van der Waals surface area (Å²) in [6.07, 6.45) is 3.83. The van der Waals surface area contributed by atoms with E-state index in [1.54, 1.807) is 0 Å². The fourth-order valence-electron chi connectivity index (χ4n) is 1.84. The van der Waals surface area contributed by atoms with Crippen molar-refractivity contribution in [2.24, 2.45) is 0 Å². The Morgan fingerprint density at radius 2 is 2.00 bits per heavy atom. The first-order chi connectivity index (χ1) is 7.34. The molecule has 3 heteroatoms. The minimum Gasteiger partial charge on any atom is -0.399 e. The van der Waals surface area contributed by atoms with Gasteiger partial charge in [-0.1, -0.05) is 18.6 Å². The number of hydroxylamine groups is 2. The van der Waals surface area contributed by atoms with E-state index in [1.807, 2.05) is 24.3 Å². The molecule has 0 atom stereocenters. The SMILES string of the molecule is Nc1cccc(CON2CCCCC2)c1. The average molecular weight is 206 g/mol. The molecule has 0 aromatic heterocycles. The number of hydrogen-bond donors (Lipinski definition) is 1. The second-order valence-corrected chi connectivity index (χ2v) is 4.01. The fraction of sp³-hybridized carbons (Fsp3) is 0.500. The van der Waals surface area contributed by atoms with E-state index in [4.69, 9.17) is 10.6 Å². The third-order valence-corrected chi connectivity index (χ3v) is 2.68. The summed E-state index contributed by atoms with van der Waals surface area (Å²) in [7, 11) is 0. The zero-order valence-corrected chi connectivity index (χ0v) is 8.98. The van der Waals surface area contributed by atoms with Crippen LogP contribution in [0.2, 0.25) is 0 Å². The lowest BCUT2D eigenvalue weighted by Gasteiger charge is -2.25. The van der Waals surface area contributed by atoms with Crippen LogP contribution in [-0.2, 0) is 11.4 Å². The van der Waals surface area contributed by atoms with Gasteiger partial charge in [-0.25, -0.2) is 0 Å². The maximum atomic E-state index is 5.70. The van der Waals surface area contributed by atoms with Crippen LogP contribution in [0.1, 0.15) is 24.8 Å². The Morgan fingerprint density at radius 3 is 2.73 bits per heavy atom. The number of piperidine rings is 1. The van der Waals surface area contributed by atoms with E-state index in [0.717, 1.165) is 24.3 Å². The van der Waals surface area contributed by atoms with E-state index in [2.05, 4.69) is 5.06 Å². The Morgan fingerprint density at radius 1 is 1.20 bits per heavy atom. The van der Waals surface area contributed by atoms with Crippen LogP contribution >= 0.6 is 0 Å². The van der Waals surface area contributed by atoms with Gasteiger partial charge in [-0.3, -0.25) is 4.84 Å². The predicted octanol–water partition coefficient (Wildman–Crippen LogP) is 2.19. The minimum absolute atomic E-state index is 0.630. The van der Waals surface area contributed by atoms with Crippen molar-refractivity contribution in [2.75, 3.05) is 18.8 Å². The van der Waals surface area contributed by atoms with Crippen molar-refractivity contribution >= 4 is 5.69 Å². The predicted molar refractivity (Wildman–Crippen MR) is 61.1 cm³/mol. The van der Waals surface area contributed by atoms with Gasteiger partial charge in [-0.2, -0.15) is 5.06 Å². The standard InChI is InChI=1S/C12H18N2O/c13-12-6-4-5-11(9-12)10-15-14-7-2-1-3-8-14/h4-6,9H,1-3,7-8,10,13H2. The van der Waals surface area contributed by atoms with Gasteiger partial charge >= 0.3 is 0 Å².